The summed E-state index contributed by atoms with van der Waals surface area (Å²) in [6, 6.07) is -1.22. The zero-order chi connectivity index (χ0) is 12.1. The van der Waals surface area contributed by atoms with Gasteiger partial charge in [0, 0.05) is 6.54 Å². The minimum Gasteiger partial charge on any atom is -0.481 e. The number of carbonyl (C=O) groups excluding carboxylic acids is 1. The molecule has 2 atom stereocenters. The van der Waals surface area contributed by atoms with E-state index in [1.807, 2.05) is 0 Å². The van der Waals surface area contributed by atoms with Crippen LogP contribution < -0.4 is 5.73 Å². The van der Waals surface area contributed by atoms with Crippen molar-refractivity contribution in [2.45, 2.75) is 37.8 Å². The summed E-state index contributed by atoms with van der Waals surface area (Å²) in [6.45, 7) is 0.461. The molecule has 6 heteroatoms. The summed E-state index contributed by atoms with van der Waals surface area (Å²) in [4.78, 5) is 23.8. The second kappa shape index (κ2) is 5.81. The summed E-state index contributed by atoms with van der Waals surface area (Å²) < 4.78 is 0. The summed E-state index contributed by atoms with van der Waals surface area (Å²) >= 11 is 0. The molecule has 0 aromatic heterocycles. The molecule has 1 aliphatic rings. The summed E-state index contributed by atoms with van der Waals surface area (Å²) in [5, 5.41) is 17.7. The van der Waals surface area contributed by atoms with Crippen LogP contribution in [0.15, 0.2) is 0 Å². The van der Waals surface area contributed by atoms with Crippen molar-refractivity contribution in [1.29, 1.82) is 0 Å². The Balaban J connectivity index is 2.59. The molecule has 1 amide bonds. The number of piperidine rings is 1. The fourth-order valence-electron chi connectivity index (χ4n) is 1.97. The van der Waals surface area contributed by atoms with Gasteiger partial charge in [0.2, 0.25) is 5.91 Å². The first-order chi connectivity index (χ1) is 7.56. The Hall–Kier alpha value is -1.14. The van der Waals surface area contributed by atoms with Crippen molar-refractivity contribution in [3.05, 3.63) is 0 Å². The lowest BCUT2D eigenvalue weighted by Crippen LogP contribution is -2.52. The second-order valence-electron chi connectivity index (χ2n) is 4.07. The number of rotatable bonds is 4. The first kappa shape index (κ1) is 12.9. The largest absolute Gasteiger partial charge is 0.481 e. The van der Waals surface area contributed by atoms with Crippen LogP contribution in [0.1, 0.15) is 25.7 Å². The van der Waals surface area contributed by atoms with Gasteiger partial charge in [0.1, 0.15) is 0 Å². The first-order valence-corrected chi connectivity index (χ1v) is 5.45. The topological polar surface area (TPSA) is 104 Å². The number of aliphatic carboxylic acids is 1. The zero-order valence-corrected chi connectivity index (χ0v) is 9.13. The summed E-state index contributed by atoms with van der Waals surface area (Å²) in [5.74, 6) is -1.46. The van der Waals surface area contributed by atoms with Crippen molar-refractivity contribution in [2.24, 2.45) is 5.73 Å². The molecule has 0 aromatic rings. The molecule has 4 N–H and O–H groups in total. The van der Waals surface area contributed by atoms with Gasteiger partial charge in [-0.05, 0) is 19.3 Å². The molecule has 16 heavy (non-hydrogen) atoms. The average Bonchev–Trinajstić information content (AvgIpc) is 2.27. The van der Waals surface area contributed by atoms with E-state index >= 15 is 0 Å². The number of carboxylic acid groups (broad SMARTS) is 1. The molecule has 1 saturated heterocycles. The Morgan fingerprint density at radius 3 is 2.69 bits per heavy atom. The monoisotopic (exact) mass is 230 g/mol. The van der Waals surface area contributed by atoms with Gasteiger partial charge in [0.15, 0.2) is 0 Å². The molecule has 2 unspecified atom stereocenters. The smallest absolute Gasteiger partial charge is 0.305 e. The van der Waals surface area contributed by atoms with E-state index in [4.69, 9.17) is 15.9 Å². The number of hydrogen-bond donors (Lipinski definition) is 3. The van der Waals surface area contributed by atoms with Crippen molar-refractivity contribution in [3.63, 3.8) is 0 Å². The number of likely N-dealkylation sites (tertiary alicyclic amines) is 1. The number of nitrogens with two attached hydrogens (primary N) is 1. The van der Waals surface area contributed by atoms with Gasteiger partial charge in [0.05, 0.1) is 25.1 Å². The van der Waals surface area contributed by atoms with Crippen molar-refractivity contribution in [2.75, 3.05) is 13.2 Å². The van der Waals surface area contributed by atoms with Crippen molar-refractivity contribution < 1.29 is 19.8 Å². The van der Waals surface area contributed by atoms with E-state index in [1.165, 1.54) is 4.90 Å². The molecule has 0 spiro atoms. The predicted octanol–water partition coefficient (Wildman–Crippen LogP) is -0.838. The molecule has 0 bridgehead atoms. The maximum atomic E-state index is 11.8. The number of aliphatic hydroxyl groups is 1. The Labute approximate surface area is 94.0 Å². The Bertz CT molecular complexity index is 270. The molecule has 1 heterocycles. The van der Waals surface area contributed by atoms with Crippen LogP contribution in [0.25, 0.3) is 0 Å². The van der Waals surface area contributed by atoms with Gasteiger partial charge < -0.3 is 20.8 Å². The minimum atomic E-state index is -1.08. The third-order valence-corrected chi connectivity index (χ3v) is 2.83. The van der Waals surface area contributed by atoms with Crippen LogP contribution in [0.3, 0.4) is 0 Å². The first-order valence-electron chi connectivity index (χ1n) is 5.45. The third kappa shape index (κ3) is 3.18. The highest BCUT2D eigenvalue weighted by Crippen LogP contribution is 2.17. The minimum absolute atomic E-state index is 0.0917. The molecular weight excluding hydrogens is 212 g/mol. The number of carbonyl (C=O) groups is 2. The molecule has 1 rings (SSSR count). The lowest BCUT2D eigenvalue weighted by atomic mass is 10.0. The number of nitrogens with zero attached hydrogens (tertiary/aromatic N) is 1. The third-order valence-electron chi connectivity index (χ3n) is 2.83. The predicted molar refractivity (Wildman–Crippen MR) is 56.7 cm³/mol. The maximum Gasteiger partial charge on any atom is 0.305 e. The fraction of sp³-hybridized carbons (Fsp3) is 0.800. The molecule has 0 aromatic carbocycles. The molecule has 92 valence electrons. The maximum absolute atomic E-state index is 11.8. The number of carboxylic acids is 1. The van der Waals surface area contributed by atoms with Crippen LogP contribution >= 0.6 is 0 Å². The lowest BCUT2D eigenvalue weighted by Gasteiger charge is -2.36. The van der Waals surface area contributed by atoms with Crippen LogP contribution in [0, 0.1) is 0 Å². The summed E-state index contributed by atoms with van der Waals surface area (Å²) in [5.41, 5.74) is 5.51. The molecule has 1 fully saturated rings. The fourth-order valence-corrected chi connectivity index (χ4v) is 1.97. The quantitative estimate of drug-likeness (QED) is 0.584. The molecule has 0 radical (unpaired) electrons. The van der Waals surface area contributed by atoms with Gasteiger partial charge in [-0.15, -0.1) is 0 Å². The Morgan fingerprint density at radius 1 is 1.44 bits per heavy atom. The van der Waals surface area contributed by atoms with Crippen LogP contribution in [-0.2, 0) is 9.59 Å². The van der Waals surface area contributed by atoms with Crippen molar-refractivity contribution >= 4 is 11.9 Å². The van der Waals surface area contributed by atoms with E-state index in [1.54, 1.807) is 0 Å². The van der Waals surface area contributed by atoms with Gasteiger partial charge in [-0.25, -0.2) is 0 Å². The highest BCUT2D eigenvalue weighted by atomic mass is 16.4. The molecule has 6 nitrogen and oxygen atoms in total. The Morgan fingerprint density at radius 2 is 2.12 bits per heavy atom. The number of hydrogen-bond acceptors (Lipinski definition) is 4. The van der Waals surface area contributed by atoms with E-state index in [0.717, 1.165) is 19.3 Å². The van der Waals surface area contributed by atoms with Crippen LogP contribution in [-0.4, -0.2) is 52.2 Å². The van der Waals surface area contributed by atoms with Crippen LogP contribution in [0.4, 0.5) is 0 Å². The normalized spacial score (nSPS) is 22.9. The molecular formula is C10H18N2O4. The van der Waals surface area contributed by atoms with E-state index in [2.05, 4.69) is 0 Å². The molecule has 0 aliphatic carbocycles. The Kier molecular flexibility index (Phi) is 4.70. The van der Waals surface area contributed by atoms with E-state index < -0.39 is 12.0 Å². The van der Waals surface area contributed by atoms with E-state index in [-0.39, 0.29) is 25.0 Å². The number of amides is 1. The van der Waals surface area contributed by atoms with Crippen LogP contribution in [0.2, 0.25) is 0 Å². The van der Waals surface area contributed by atoms with Crippen LogP contribution in [0.5, 0.6) is 0 Å². The van der Waals surface area contributed by atoms with Gasteiger partial charge in [-0.2, -0.15) is 0 Å². The number of aliphatic hydroxyl groups excluding tert-OH is 1. The summed E-state index contributed by atoms with van der Waals surface area (Å²) in [7, 11) is 0. The van der Waals surface area contributed by atoms with Gasteiger partial charge in [-0.3, -0.25) is 9.59 Å². The highest BCUT2D eigenvalue weighted by Gasteiger charge is 2.30. The lowest BCUT2D eigenvalue weighted by molar-refractivity contribution is -0.144. The second-order valence-corrected chi connectivity index (χ2v) is 4.07. The standard InChI is InChI=1S/C10H18N2O4/c11-8(5-9(14)15)10(16)12-4-2-1-3-7(12)6-13/h7-8,13H,1-6,11H2,(H,14,15). The van der Waals surface area contributed by atoms with E-state index in [0.29, 0.717) is 6.54 Å². The zero-order valence-electron chi connectivity index (χ0n) is 9.13. The van der Waals surface area contributed by atoms with Gasteiger partial charge in [0.25, 0.3) is 0 Å². The van der Waals surface area contributed by atoms with Gasteiger partial charge in [-0.1, -0.05) is 0 Å². The highest BCUT2D eigenvalue weighted by molar-refractivity contribution is 5.86. The average molecular weight is 230 g/mol. The van der Waals surface area contributed by atoms with Crippen molar-refractivity contribution in [1.82, 2.24) is 4.90 Å². The summed E-state index contributed by atoms with van der Waals surface area (Å²) in [6.07, 6.45) is 2.24. The van der Waals surface area contributed by atoms with Gasteiger partial charge >= 0.3 is 5.97 Å². The molecule has 0 saturated carbocycles. The van der Waals surface area contributed by atoms with E-state index in [9.17, 15) is 9.59 Å². The molecule has 1 aliphatic heterocycles. The van der Waals surface area contributed by atoms with Crippen molar-refractivity contribution in [3.8, 4) is 0 Å². The SMILES string of the molecule is NC(CC(=O)O)C(=O)N1CCCCC1CO.